The minimum atomic E-state index is 0.501. The van der Waals surface area contributed by atoms with E-state index in [1.807, 2.05) is 0 Å². The smallest absolute Gasteiger partial charge is 0.0615 e. The van der Waals surface area contributed by atoms with Gasteiger partial charge in [0.05, 0.1) is 6.61 Å². The Kier molecular flexibility index (Phi) is 8.14. The number of nitrogens with zero attached hydrogens (tertiary/aromatic N) is 1. The normalized spacial score (nSPS) is 13.9. The van der Waals surface area contributed by atoms with Crippen LogP contribution in [0.5, 0.6) is 0 Å². The molecule has 0 radical (unpaired) electrons. The summed E-state index contributed by atoms with van der Waals surface area (Å²) in [6.45, 7) is 9.55. The van der Waals surface area contributed by atoms with Crippen LogP contribution in [0, 0.1) is 0 Å². The molecule has 3 nitrogen and oxygen atoms in total. The van der Waals surface area contributed by atoms with Gasteiger partial charge in [-0.05, 0) is 27.3 Å². The summed E-state index contributed by atoms with van der Waals surface area (Å²) in [7, 11) is 3.91. The third-order valence-corrected chi connectivity index (χ3v) is 2.64. The molecule has 0 aromatic rings. The van der Waals surface area contributed by atoms with Crippen LogP contribution >= 0.6 is 0 Å². The van der Waals surface area contributed by atoms with E-state index in [4.69, 9.17) is 4.74 Å². The molecule has 3 heteroatoms. The Balaban J connectivity index is 3.50. The molecule has 0 spiro atoms. The molecule has 1 N–H and O–H groups in total. The summed E-state index contributed by atoms with van der Waals surface area (Å²) in [6.07, 6.45) is 1.12. The first-order valence-corrected chi connectivity index (χ1v) is 5.54. The molecule has 1 unspecified atom stereocenters. The second-order valence-corrected chi connectivity index (χ2v) is 4.09. The molecule has 0 fully saturated rings. The quantitative estimate of drug-likeness (QED) is 0.643. The summed E-state index contributed by atoms with van der Waals surface area (Å²) in [5, 5.41) is 3.49. The van der Waals surface area contributed by atoms with Gasteiger partial charge < -0.3 is 15.0 Å². The number of rotatable bonds is 8. The van der Waals surface area contributed by atoms with Crippen LogP contribution in [0.15, 0.2) is 0 Å². The maximum atomic E-state index is 5.12. The molecule has 0 aliphatic carbocycles. The SMILES string of the molecule is CCC(COC)NCCN(C)C(C)C. The van der Waals surface area contributed by atoms with Crippen molar-refractivity contribution >= 4 is 0 Å². The van der Waals surface area contributed by atoms with Gasteiger partial charge in [0.2, 0.25) is 0 Å². The van der Waals surface area contributed by atoms with Gasteiger partial charge >= 0.3 is 0 Å². The van der Waals surface area contributed by atoms with E-state index in [1.165, 1.54) is 0 Å². The van der Waals surface area contributed by atoms with Crippen molar-refractivity contribution in [2.45, 2.75) is 39.3 Å². The number of hydrogen-bond donors (Lipinski definition) is 1. The highest BCUT2D eigenvalue weighted by atomic mass is 16.5. The summed E-state index contributed by atoms with van der Waals surface area (Å²) in [4.78, 5) is 2.34. The fourth-order valence-electron chi connectivity index (χ4n) is 1.23. The first kappa shape index (κ1) is 13.9. The lowest BCUT2D eigenvalue weighted by Gasteiger charge is -2.23. The molecule has 0 bridgehead atoms. The highest BCUT2D eigenvalue weighted by molar-refractivity contribution is 4.66. The molecule has 0 heterocycles. The van der Waals surface area contributed by atoms with E-state index >= 15 is 0 Å². The minimum absolute atomic E-state index is 0.501. The standard InChI is InChI=1S/C11H26N2O/c1-6-11(9-14-5)12-7-8-13(4)10(2)3/h10-12H,6-9H2,1-5H3. The van der Waals surface area contributed by atoms with Crippen LogP contribution in [0.4, 0.5) is 0 Å². The number of ether oxygens (including phenoxy) is 1. The summed E-state index contributed by atoms with van der Waals surface area (Å²) in [5.41, 5.74) is 0. The van der Waals surface area contributed by atoms with E-state index in [-0.39, 0.29) is 0 Å². The van der Waals surface area contributed by atoms with Crippen LogP contribution < -0.4 is 5.32 Å². The maximum Gasteiger partial charge on any atom is 0.0615 e. The van der Waals surface area contributed by atoms with Crippen molar-refractivity contribution in [2.24, 2.45) is 0 Å². The van der Waals surface area contributed by atoms with E-state index in [0.29, 0.717) is 12.1 Å². The van der Waals surface area contributed by atoms with Gasteiger partial charge in [-0.2, -0.15) is 0 Å². The molecule has 1 atom stereocenters. The second kappa shape index (κ2) is 8.21. The molecular formula is C11H26N2O. The van der Waals surface area contributed by atoms with Gasteiger partial charge in [-0.25, -0.2) is 0 Å². The van der Waals surface area contributed by atoms with Crippen molar-refractivity contribution < 1.29 is 4.74 Å². The van der Waals surface area contributed by atoms with E-state index in [2.05, 4.69) is 38.0 Å². The molecular weight excluding hydrogens is 176 g/mol. The van der Waals surface area contributed by atoms with Crippen molar-refractivity contribution in [1.29, 1.82) is 0 Å². The van der Waals surface area contributed by atoms with Gasteiger partial charge in [0.25, 0.3) is 0 Å². The summed E-state index contributed by atoms with van der Waals surface area (Å²) in [6, 6.07) is 1.12. The fraction of sp³-hybridized carbons (Fsp3) is 1.00. The van der Waals surface area contributed by atoms with Gasteiger partial charge in [0, 0.05) is 32.3 Å². The average molecular weight is 202 g/mol. The third kappa shape index (κ3) is 6.35. The van der Waals surface area contributed by atoms with Gasteiger partial charge in [0.15, 0.2) is 0 Å². The van der Waals surface area contributed by atoms with Gasteiger partial charge in [0.1, 0.15) is 0 Å². The van der Waals surface area contributed by atoms with Crippen LogP contribution in [0.1, 0.15) is 27.2 Å². The third-order valence-electron chi connectivity index (χ3n) is 2.64. The lowest BCUT2D eigenvalue weighted by Crippen LogP contribution is -2.39. The van der Waals surface area contributed by atoms with Crippen molar-refractivity contribution in [3.63, 3.8) is 0 Å². The van der Waals surface area contributed by atoms with E-state index in [1.54, 1.807) is 7.11 Å². The lowest BCUT2D eigenvalue weighted by atomic mass is 10.2. The molecule has 0 amide bonds. The van der Waals surface area contributed by atoms with E-state index < -0.39 is 0 Å². The van der Waals surface area contributed by atoms with Gasteiger partial charge in [-0.15, -0.1) is 0 Å². The lowest BCUT2D eigenvalue weighted by molar-refractivity contribution is 0.161. The molecule has 86 valence electrons. The monoisotopic (exact) mass is 202 g/mol. The zero-order valence-corrected chi connectivity index (χ0v) is 10.3. The summed E-state index contributed by atoms with van der Waals surface area (Å²) >= 11 is 0. The summed E-state index contributed by atoms with van der Waals surface area (Å²) < 4.78 is 5.12. The maximum absolute atomic E-state index is 5.12. The van der Waals surface area contributed by atoms with Crippen LogP contribution in [0.2, 0.25) is 0 Å². The zero-order chi connectivity index (χ0) is 11.0. The van der Waals surface area contributed by atoms with Crippen molar-refractivity contribution in [1.82, 2.24) is 10.2 Å². The number of nitrogens with one attached hydrogen (secondary N) is 1. The Morgan fingerprint density at radius 2 is 2.00 bits per heavy atom. The van der Waals surface area contributed by atoms with Crippen molar-refractivity contribution in [2.75, 3.05) is 33.9 Å². The molecule has 14 heavy (non-hydrogen) atoms. The topological polar surface area (TPSA) is 24.5 Å². The number of hydrogen-bond acceptors (Lipinski definition) is 3. The highest BCUT2D eigenvalue weighted by Crippen LogP contribution is 1.93. The molecule has 0 saturated carbocycles. The second-order valence-electron chi connectivity index (χ2n) is 4.09. The zero-order valence-electron chi connectivity index (χ0n) is 10.3. The minimum Gasteiger partial charge on any atom is -0.383 e. The van der Waals surface area contributed by atoms with Crippen molar-refractivity contribution in [3.8, 4) is 0 Å². The van der Waals surface area contributed by atoms with Gasteiger partial charge in [-0.3, -0.25) is 0 Å². The van der Waals surface area contributed by atoms with Crippen LogP contribution in [0.25, 0.3) is 0 Å². The van der Waals surface area contributed by atoms with Crippen LogP contribution in [-0.4, -0.2) is 50.8 Å². The first-order valence-electron chi connectivity index (χ1n) is 5.54. The van der Waals surface area contributed by atoms with E-state index in [9.17, 15) is 0 Å². The predicted octanol–water partition coefficient (Wildman–Crippen LogP) is 1.34. The molecule has 0 aliphatic rings. The fourth-order valence-corrected chi connectivity index (χ4v) is 1.23. The van der Waals surface area contributed by atoms with Crippen molar-refractivity contribution in [3.05, 3.63) is 0 Å². The Labute approximate surface area is 88.8 Å². The number of likely N-dealkylation sites (N-methyl/N-ethyl adjacent to an activating group) is 1. The van der Waals surface area contributed by atoms with Gasteiger partial charge in [-0.1, -0.05) is 6.92 Å². The van der Waals surface area contributed by atoms with Crippen LogP contribution in [-0.2, 0) is 4.74 Å². The van der Waals surface area contributed by atoms with E-state index in [0.717, 1.165) is 26.1 Å². The Morgan fingerprint density at radius 3 is 2.43 bits per heavy atom. The average Bonchev–Trinajstić information content (AvgIpc) is 2.16. The summed E-state index contributed by atoms with van der Waals surface area (Å²) in [5.74, 6) is 0. The highest BCUT2D eigenvalue weighted by Gasteiger charge is 2.06. The van der Waals surface area contributed by atoms with Crippen LogP contribution in [0.3, 0.4) is 0 Å². The molecule has 0 aliphatic heterocycles. The first-order chi connectivity index (χ1) is 6.61. The molecule has 0 aromatic carbocycles. The Morgan fingerprint density at radius 1 is 1.36 bits per heavy atom. The Hall–Kier alpha value is -0.120. The molecule has 0 saturated heterocycles. The Bertz CT molecular complexity index is 128. The molecule has 0 aromatic heterocycles. The largest absolute Gasteiger partial charge is 0.383 e. The predicted molar refractivity (Wildman–Crippen MR) is 61.7 cm³/mol. The molecule has 0 rings (SSSR count). The number of methoxy groups -OCH3 is 1.